The molecule has 0 aromatic heterocycles. The first kappa shape index (κ1) is 12.7. The van der Waals surface area contributed by atoms with Crippen LogP contribution in [0.1, 0.15) is 36.2 Å². The second-order valence-electron chi connectivity index (χ2n) is 3.94. The third kappa shape index (κ3) is 3.06. The Morgan fingerprint density at radius 3 is 2.35 bits per heavy atom. The lowest BCUT2D eigenvalue weighted by Crippen LogP contribution is -2.44. The zero-order valence-electron chi connectivity index (χ0n) is 9.82. The number of hydrogen-bond acceptors (Lipinski definition) is 3. The van der Waals surface area contributed by atoms with Crippen molar-refractivity contribution in [3.8, 4) is 12.1 Å². The molecule has 1 aromatic carbocycles. The van der Waals surface area contributed by atoms with Crippen LogP contribution in [0.25, 0.3) is 0 Å². The molecule has 0 aliphatic heterocycles. The van der Waals surface area contributed by atoms with Gasteiger partial charge in [-0.1, -0.05) is 6.92 Å². The van der Waals surface area contributed by atoms with Gasteiger partial charge in [0.2, 0.25) is 0 Å². The fourth-order valence-electron chi connectivity index (χ4n) is 1.21. The van der Waals surface area contributed by atoms with Crippen molar-refractivity contribution in [3.63, 3.8) is 0 Å². The molecule has 0 aliphatic carbocycles. The fraction of sp³-hybridized carbons (Fsp3) is 0.308. The van der Waals surface area contributed by atoms with Crippen molar-refractivity contribution in [2.45, 2.75) is 25.8 Å². The summed E-state index contributed by atoms with van der Waals surface area (Å²) in [6.07, 6.45) is 0.533. The fourth-order valence-corrected chi connectivity index (χ4v) is 1.21. The number of nitrogens with zero attached hydrogens (tertiary/aromatic N) is 2. The molecule has 0 spiro atoms. The Labute approximate surface area is 100 Å². The Morgan fingerprint density at radius 2 is 1.94 bits per heavy atom. The highest BCUT2D eigenvalue weighted by Gasteiger charge is 2.23. The van der Waals surface area contributed by atoms with E-state index in [-0.39, 0.29) is 5.91 Å². The monoisotopic (exact) mass is 227 g/mol. The second-order valence-corrected chi connectivity index (χ2v) is 3.94. The van der Waals surface area contributed by atoms with Crippen LogP contribution in [0.4, 0.5) is 0 Å². The molecule has 4 heteroatoms. The van der Waals surface area contributed by atoms with Gasteiger partial charge in [-0.15, -0.1) is 0 Å². The van der Waals surface area contributed by atoms with E-state index < -0.39 is 5.54 Å². The summed E-state index contributed by atoms with van der Waals surface area (Å²) < 4.78 is 0. The maximum absolute atomic E-state index is 11.8. The number of hydrogen-bond donors (Lipinski definition) is 1. The first-order valence-corrected chi connectivity index (χ1v) is 5.28. The Bertz CT molecular complexity index is 493. The van der Waals surface area contributed by atoms with Gasteiger partial charge in [0.05, 0.1) is 17.7 Å². The minimum absolute atomic E-state index is 0.305. The van der Waals surface area contributed by atoms with E-state index in [4.69, 9.17) is 10.5 Å². The molecule has 1 aromatic rings. The normalized spacial score (nSPS) is 12.9. The highest BCUT2D eigenvalue weighted by atomic mass is 16.1. The maximum atomic E-state index is 11.8. The number of amides is 1. The molecule has 1 unspecified atom stereocenters. The SMILES string of the molecule is CCC(C)(C#N)NC(=O)c1ccc(C#N)cc1. The second kappa shape index (κ2) is 5.14. The van der Waals surface area contributed by atoms with Crippen LogP contribution >= 0.6 is 0 Å². The smallest absolute Gasteiger partial charge is 0.252 e. The lowest BCUT2D eigenvalue weighted by atomic mass is 10.0. The summed E-state index contributed by atoms with van der Waals surface area (Å²) in [6.45, 7) is 3.51. The molecule has 4 nitrogen and oxygen atoms in total. The van der Waals surface area contributed by atoms with E-state index in [0.717, 1.165) is 0 Å². The minimum Gasteiger partial charge on any atom is -0.334 e. The van der Waals surface area contributed by atoms with Gasteiger partial charge in [-0.05, 0) is 37.6 Å². The molecule has 0 radical (unpaired) electrons. The number of carbonyl (C=O) groups excluding carboxylic acids is 1. The van der Waals surface area contributed by atoms with Gasteiger partial charge < -0.3 is 5.32 Å². The Balaban J connectivity index is 2.85. The predicted octanol–water partition coefficient (Wildman–Crippen LogP) is 1.98. The third-order valence-electron chi connectivity index (χ3n) is 2.62. The predicted molar refractivity (Wildman–Crippen MR) is 62.9 cm³/mol. The highest BCUT2D eigenvalue weighted by Crippen LogP contribution is 2.10. The first-order chi connectivity index (χ1) is 8.04. The van der Waals surface area contributed by atoms with Gasteiger partial charge >= 0.3 is 0 Å². The van der Waals surface area contributed by atoms with Crippen LogP contribution in [0.15, 0.2) is 24.3 Å². The number of carbonyl (C=O) groups is 1. The molecule has 1 amide bonds. The van der Waals surface area contributed by atoms with Gasteiger partial charge in [-0.25, -0.2) is 0 Å². The molecule has 0 saturated heterocycles. The van der Waals surface area contributed by atoms with Gasteiger partial charge in [0.25, 0.3) is 5.91 Å². The van der Waals surface area contributed by atoms with Crippen molar-refractivity contribution in [2.75, 3.05) is 0 Å². The first-order valence-electron chi connectivity index (χ1n) is 5.28. The summed E-state index contributed by atoms with van der Waals surface area (Å²) in [5.74, 6) is -0.305. The van der Waals surface area contributed by atoms with E-state index in [1.165, 1.54) is 0 Å². The molecule has 86 valence electrons. The van der Waals surface area contributed by atoms with Crippen LogP contribution in [0.3, 0.4) is 0 Å². The van der Waals surface area contributed by atoms with Crippen LogP contribution in [-0.2, 0) is 0 Å². The quantitative estimate of drug-likeness (QED) is 0.857. The van der Waals surface area contributed by atoms with Crippen LogP contribution < -0.4 is 5.32 Å². The van der Waals surface area contributed by atoms with Gasteiger partial charge in [0.15, 0.2) is 0 Å². The summed E-state index contributed by atoms with van der Waals surface area (Å²) in [5.41, 5.74) is 0.0874. The summed E-state index contributed by atoms with van der Waals surface area (Å²) in [6, 6.07) is 10.3. The molecule has 0 bridgehead atoms. The molecule has 1 rings (SSSR count). The molecule has 1 N–H and O–H groups in total. The zero-order valence-corrected chi connectivity index (χ0v) is 9.82. The van der Waals surface area contributed by atoms with E-state index in [0.29, 0.717) is 17.5 Å². The van der Waals surface area contributed by atoms with E-state index in [1.807, 2.05) is 13.0 Å². The molecular weight excluding hydrogens is 214 g/mol. The maximum Gasteiger partial charge on any atom is 0.252 e. The molecule has 0 saturated carbocycles. The number of nitriles is 2. The van der Waals surface area contributed by atoms with Gasteiger partial charge in [-0.2, -0.15) is 10.5 Å². The third-order valence-corrected chi connectivity index (χ3v) is 2.62. The molecular formula is C13H13N3O. The standard InChI is InChI=1S/C13H13N3O/c1-3-13(2,9-15)16-12(17)11-6-4-10(8-14)5-7-11/h4-7H,3H2,1-2H3,(H,16,17). The lowest BCUT2D eigenvalue weighted by Gasteiger charge is -2.21. The Hall–Kier alpha value is -2.33. The molecule has 0 fully saturated rings. The largest absolute Gasteiger partial charge is 0.334 e. The lowest BCUT2D eigenvalue weighted by molar-refractivity contribution is 0.0923. The van der Waals surface area contributed by atoms with Gasteiger partial charge in [0.1, 0.15) is 5.54 Å². The van der Waals surface area contributed by atoms with Gasteiger partial charge in [-0.3, -0.25) is 4.79 Å². The molecule has 0 heterocycles. The van der Waals surface area contributed by atoms with Crippen LogP contribution in [-0.4, -0.2) is 11.4 Å². The van der Waals surface area contributed by atoms with Crippen molar-refractivity contribution in [1.29, 1.82) is 10.5 Å². The van der Waals surface area contributed by atoms with Crippen molar-refractivity contribution in [2.24, 2.45) is 0 Å². The van der Waals surface area contributed by atoms with Crippen molar-refractivity contribution < 1.29 is 4.79 Å². The van der Waals surface area contributed by atoms with Crippen LogP contribution in [0.2, 0.25) is 0 Å². The summed E-state index contributed by atoms with van der Waals surface area (Å²) >= 11 is 0. The van der Waals surface area contributed by atoms with E-state index in [9.17, 15) is 4.79 Å². The summed E-state index contributed by atoms with van der Waals surface area (Å²) in [7, 11) is 0. The number of benzene rings is 1. The van der Waals surface area contributed by atoms with E-state index >= 15 is 0 Å². The number of nitrogens with one attached hydrogen (secondary N) is 1. The van der Waals surface area contributed by atoms with Gasteiger partial charge in [0, 0.05) is 5.56 Å². The zero-order chi connectivity index (χ0) is 12.9. The van der Waals surface area contributed by atoms with Crippen LogP contribution in [0.5, 0.6) is 0 Å². The number of rotatable bonds is 3. The van der Waals surface area contributed by atoms with E-state index in [1.54, 1.807) is 31.2 Å². The van der Waals surface area contributed by atoms with Crippen molar-refractivity contribution >= 4 is 5.91 Å². The summed E-state index contributed by atoms with van der Waals surface area (Å²) in [4.78, 5) is 11.8. The summed E-state index contributed by atoms with van der Waals surface area (Å²) in [5, 5.41) is 20.3. The van der Waals surface area contributed by atoms with Crippen molar-refractivity contribution in [1.82, 2.24) is 5.32 Å². The molecule has 17 heavy (non-hydrogen) atoms. The molecule has 0 aliphatic rings. The van der Waals surface area contributed by atoms with Crippen LogP contribution in [0, 0.1) is 22.7 Å². The molecule has 1 atom stereocenters. The average Bonchev–Trinajstić information content (AvgIpc) is 2.38. The average molecular weight is 227 g/mol. The van der Waals surface area contributed by atoms with Crippen molar-refractivity contribution in [3.05, 3.63) is 35.4 Å². The Morgan fingerprint density at radius 1 is 1.35 bits per heavy atom. The van der Waals surface area contributed by atoms with E-state index in [2.05, 4.69) is 11.4 Å². The highest BCUT2D eigenvalue weighted by molar-refractivity contribution is 5.95. The minimum atomic E-state index is -0.856. The topological polar surface area (TPSA) is 76.7 Å². The Kier molecular flexibility index (Phi) is 3.85.